The summed E-state index contributed by atoms with van der Waals surface area (Å²) in [6, 6.07) is 13.3. The number of thiazole rings is 1. The minimum Gasteiger partial charge on any atom is -0.496 e. The van der Waals surface area contributed by atoms with Gasteiger partial charge in [-0.1, -0.05) is 35.6 Å². The van der Waals surface area contributed by atoms with E-state index >= 15 is 0 Å². The highest BCUT2D eigenvalue weighted by molar-refractivity contribution is 7.20. The van der Waals surface area contributed by atoms with E-state index in [9.17, 15) is 9.59 Å². The van der Waals surface area contributed by atoms with Gasteiger partial charge in [-0.2, -0.15) is 11.3 Å². The number of fused-ring (bicyclic) bond motifs is 1. The molecule has 4 N–H and O–H groups in total. The Kier molecular flexibility index (Phi) is 5.15. The highest BCUT2D eigenvalue weighted by Crippen LogP contribution is 2.34. The van der Waals surface area contributed by atoms with Gasteiger partial charge >= 0.3 is 0 Å². The lowest BCUT2D eigenvalue weighted by atomic mass is 10.1. The van der Waals surface area contributed by atoms with E-state index in [2.05, 4.69) is 15.6 Å². The number of nitrogens with zero attached hydrogens (tertiary/aromatic N) is 1. The van der Waals surface area contributed by atoms with Gasteiger partial charge in [0, 0.05) is 22.5 Å². The standard InChI is InChI=1S/C20H16N4O3S2/c1-27-15-9-13(8-11-4-2-3-5-14(11)15)22-20-23-16(17(21)25)19(29-20)24-18(26)12-6-7-28-10-12/h2-10H,1H3,(H2,21,25)(H,22,23)(H,24,26). The van der Waals surface area contributed by atoms with Crippen molar-refractivity contribution in [3.8, 4) is 5.75 Å². The Hall–Kier alpha value is -3.43. The number of nitrogens with two attached hydrogens (primary N) is 1. The van der Waals surface area contributed by atoms with Gasteiger partial charge in [0.1, 0.15) is 10.8 Å². The number of amides is 2. The zero-order chi connectivity index (χ0) is 20.4. The largest absolute Gasteiger partial charge is 0.496 e. The molecular formula is C20H16N4O3S2. The van der Waals surface area contributed by atoms with Crippen LogP contribution in [0.25, 0.3) is 10.8 Å². The molecular weight excluding hydrogens is 408 g/mol. The fourth-order valence-electron chi connectivity index (χ4n) is 2.83. The number of carbonyl (C=O) groups is 2. The number of ether oxygens (including phenoxy) is 1. The molecule has 0 aliphatic rings. The molecule has 4 aromatic rings. The SMILES string of the molecule is COc1cc(Nc2nc(C(N)=O)c(NC(=O)c3ccsc3)s2)cc2ccccc12. The van der Waals surface area contributed by atoms with Crippen LogP contribution in [0.2, 0.25) is 0 Å². The molecule has 9 heteroatoms. The molecule has 0 aliphatic heterocycles. The van der Waals surface area contributed by atoms with Gasteiger partial charge in [0.05, 0.1) is 12.7 Å². The van der Waals surface area contributed by atoms with Crippen molar-refractivity contribution in [1.29, 1.82) is 0 Å². The minimum atomic E-state index is -0.717. The second-order valence-corrected chi connectivity index (χ2v) is 7.83. The molecule has 4 rings (SSSR count). The number of methoxy groups -OCH3 is 1. The van der Waals surface area contributed by atoms with Crippen LogP contribution in [0.15, 0.2) is 53.2 Å². The van der Waals surface area contributed by atoms with E-state index in [0.717, 1.165) is 27.8 Å². The smallest absolute Gasteiger partial charge is 0.270 e. The molecule has 2 amide bonds. The highest BCUT2D eigenvalue weighted by atomic mass is 32.1. The average molecular weight is 425 g/mol. The van der Waals surface area contributed by atoms with Gasteiger partial charge in [-0.05, 0) is 22.9 Å². The monoisotopic (exact) mass is 424 g/mol. The first kappa shape index (κ1) is 18.9. The van der Waals surface area contributed by atoms with Crippen LogP contribution in [0.4, 0.5) is 15.8 Å². The third kappa shape index (κ3) is 3.91. The number of benzene rings is 2. The number of anilines is 3. The van der Waals surface area contributed by atoms with Crippen LogP contribution in [-0.2, 0) is 0 Å². The highest BCUT2D eigenvalue weighted by Gasteiger charge is 2.19. The Labute approximate surface area is 174 Å². The Bertz CT molecular complexity index is 1200. The third-order valence-corrected chi connectivity index (χ3v) is 5.74. The van der Waals surface area contributed by atoms with Crippen molar-refractivity contribution < 1.29 is 14.3 Å². The number of aromatic nitrogens is 1. The Morgan fingerprint density at radius 1 is 1.17 bits per heavy atom. The van der Waals surface area contributed by atoms with Gasteiger partial charge in [-0.25, -0.2) is 4.98 Å². The van der Waals surface area contributed by atoms with E-state index in [-0.39, 0.29) is 11.6 Å². The third-order valence-electron chi connectivity index (χ3n) is 4.17. The van der Waals surface area contributed by atoms with Crippen LogP contribution >= 0.6 is 22.7 Å². The van der Waals surface area contributed by atoms with Crippen molar-refractivity contribution in [2.75, 3.05) is 17.7 Å². The predicted molar refractivity (Wildman–Crippen MR) is 117 cm³/mol. The first-order valence-electron chi connectivity index (χ1n) is 8.53. The summed E-state index contributed by atoms with van der Waals surface area (Å²) in [4.78, 5) is 28.4. The Morgan fingerprint density at radius 3 is 2.72 bits per heavy atom. The molecule has 2 aromatic carbocycles. The fourth-order valence-corrected chi connectivity index (χ4v) is 4.36. The summed E-state index contributed by atoms with van der Waals surface area (Å²) in [5, 5.41) is 12.1. The Morgan fingerprint density at radius 2 is 2.00 bits per heavy atom. The van der Waals surface area contributed by atoms with Crippen molar-refractivity contribution in [2.45, 2.75) is 0 Å². The summed E-state index contributed by atoms with van der Waals surface area (Å²) in [5.74, 6) is -0.328. The number of rotatable bonds is 6. The second-order valence-electron chi connectivity index (χ2n) is 6.05. The number of carbonyl (C=O) groups excluding carboxylic acids is 2. The average Bonchev–Trinajstić information content (AvgIpc) is 3.37. The van der Waals surface area contributed by atoms with Crippen LogP contribution < -0.4 is 21.1 Å². The Balaban J connectivity index is 1.65. The molecule has 0 bridgehead atoms. The van der Waals surface area contributed by atoms with E-state index in [0.29, 0.717) is 21.4 Å². The molecule has 146 valence electrons. The van der Waals surface area contributed by atoms with E-state index in [1.807, 2.05) is 36.4 Å². The molecule has 0 radical (unpaired) electrons. The van der Waals surface area contributed by atoms with E-state index in [1.54, 1.807) is 23.9 Å². The van der Waals surface area contributed by atoms with Gasteiger partial charge in [0.15, 0.2) is 10.8 Å². The van der Waals surface area contributed by atoms with Gasteiger partial charge in [0.25, 0.3) is 11.8 Å². The lowest BCUT2D eigenvalue weighted by Gasteiger charge is -2.09. The molecule has 0 saturated carbocycles. The first-order chi connectivity index (χ1) is 14.0. The second kappa shape index (κ2) is 7.90. The molecule has 0 spiro atoms. The fraction of sp³-hybridized carbons (Fsp3) is 0.0500. The van der Waals surface area contributed by atoms with Crippen molar-refractivity contribution in [3.05, 3.63) is 64.5 Å². The molecule has 0 saturated heterocycles. The quantitative estimate of drug-likeness (QED) is 0.424. The van der Waals surface area contributed by atoms with Crippen LogP contribution in [0.3, 0.4) is 0 Å². The summed E-state index contributed by atoms with van der Waals surface area (Å²) in [5.41, 5.74) is 6.70. The normalized spacial score (nSPS) is 10.7. The van der Waals surface area contributed by atoms with Crippen LogP contribution in [-0.4, -0.2) is 23.9 Å². The van der Waals surface area contributed by atoms with Crippen molar-refractivity contribution in [2.24, 2.45) is 5.73 Å². The minimum absolute atomic E-state index is 0.00818. The number of thiophene rings is 1. The van der Waals surface area contributed by atoms with E-state index in [1.165, 1.54) is 11.3 Å². The number of nitrogens with one attached hydrogen (secondary N) is 2. The molecule has 2 heterocycles. The predicted octanol–water partition coefficient (Wildman–Crippen LogP) is 4.46. The summed E-state index contributed by atoms with van der Waals surface area (Å²) < 4.78 is 5.48. The maximum atomic E-state index is 12.3. The lowest BCUT2D eigenvalue weighted by molar-refractivity contribution is 0.0997. The topological polar surface area (TPSA) is 106 Å². The number of hydrogen-bond donors (Lipinski definition) is 3. The molecule has 7 nitrogen and oxygen atoms in total. The zero-order valence-corrected chi connectivity index (χ0v) is 16.9. The van der Waals surface area contributed by atoms with Gasteiger partial charge in [-0.15, -0.1) is 0 Å². The maximum absolute atomic E-state index is 12.3. The van der Waals surface area contributed by atoms with Crippen molar-refractivity contribution >= 4 is 61.1 Å². The molecule has 29 heavy (non-hydrogen) atoms. The van der Waals surface area contributed by atoms with Crippen LogP contribution in [0.5, 0.6) is 5.75 Å². The number of hydrogen-bond acceptors (Lipinski definition) is 7. The molecule has 2 aromatic heterocycles. The summed E-state index contributed by atoms with van der Waals surface area (Å²) in [7, 11) is 1.61. The van der Waals surface area contributed by atoms with E-state index in [4.69, 9.17) is 10.5 Å². The zero-order valence-electron chi connectivity index (χ0n) is 15.3. The molecule has 0 unspecified atom stereocenters. The summed E-state index contributed by atoms with van der Waals surface area (Å²) >= 11 is 2.55. The van der Waals surface area contributed by atoms with Gasteiger partial charge in [-0.3, -0.25) is 9.59 Å². The van der Waals surface area contributed by atoms with Crippen LogP contribution in [0, 0.1) is 0 Å². The maximum Gasteiger partial charge on any atom is 0.270 e. The molecule has 0 atom stereocenters. The van der Waals surface area contributed by atoms with E-state index < -0.39 is 5.91 Å². The van der Waals surface area contributed by atoms with Gasteiger partial charge in [0.2, 0.25) is 0 Å². The van der Waals surface area contributed by atoms with Gasteiger partial charge < -0.3 is 21.1 Å². The molecule has 0 aliphatic carbocycles. The van der Waals surface area contributed by atoms with Crippen molar-refractivity contribution in [3.63, 3.8) is 0 Å². The van der Waals surface area contributed by atoms with Crippen LogP contribution in [0.1, 0.15) is 20.8 Å². The van der Waals surface area contributed by atoms with Crippen molar-refractivity contribution in [1.82, 2.24) is 4.98 Å². The first-order valence-corrected chi connectivity index (χ1v) is 10.3. The summed E-state index contributed by atoms with van der Waals surface area (Å²) in [6.07, 6.45) is 0. The number of primary amides is 1. The molecule has 0 fully saturated rings. The summed E-state index contributed by atoms with van der Waals surface area (Å²) in [6.45, 7) is 0. The lowest BCUT2D eigenvalue weighted by Crippen LogP contribution is -2.17.